The standard InChI is InChI=1S/C12H24N2S/c1-3-5-9-13-12(15)14(4-2)10-11-7-6-8-11/h11H,3-10H2,1-2H3,(H,13,15). The molecule has 1 aliphatic carbocycles. The molecule has 3 heteroatoms. The highest BCUT2D eigenvalue weighted by molar-refractivity contribution is 7.80. The first-order valence-corrected chi connectivity index (χ1v) is 6.71. The maximum absolute atomic E-state index is 5.39. The van der Waals surface area contributed by atoms with E-state index in [1.807, 2.05) is 0 Å². The highest BCUT2D eigenvalue weighted by Crippen LogP contribution is 2.26. The van der Waals surface area contributed by atoms with Crippen LogP contribution in [-0.4, -0.2) is 29.6 Å². The first-order valence-electron chi connectivity index (χ1n) is 6.30. The van der Waals surface area contributed by atoms with Crippen LogP contribution in [-0.2, 0) is 0 Å². The number of nitrogens with one attached hydrogen (secondary N) is 1. The zero-order valence-corrected chi connectivity index (χ0v) is 10.9. The SMILES string of the molecule is CCCCNC(=S)N(CC)CC1CCC1. The summed E-state index contributed by atoms with van der Waals surface area (Å²) in [5.41, 5.74) is 0. The van der Waals surface area contributed by atoms with Crippen LogP contribution in [0, 0.1) is 5.92 Å². The van der Waals surface area contributed by atoms with Gasteiger partial charge >= 0.3 is 0 Å². The Labute approximate surface area is 99.4 Å². The van der Waals surface area contributed by atoms with Crippen LogP contribution in [0.2, 0.25) is 0 Å². The second kappa shape index (κ2) is 7.04. The van der Waals surface area contributed by atoms with Crippen molar-refractivity contribution in [3.05, 3.63) is 0 Å². The molecule has 0 heterocycles. The number of hydrogen-bond acceptors (Lipinski definition) is 1. The van der Waals surface area contributed by atoms with Crippen LogP contribution in [0.3, 0.4) is 0 Å². The van der Waals surface area contributed by atoms with Crippen molar-refractivity contribution < 1.29 is 0 Å². The lowest BCUT2D eigenvalue weighted by Crippen LogP contribution is -2.43. The van der Waals surface area contributed by atoms with Gasteiger partial charge in [-0.15, -0.1) is 0 Å². The Kier molecular flexibility index (Phi) is 5.99. The number of nitrogens with zero attached hydrogens (tertiary/aromatic N) is 1. The molecule has 0 radical (unpaired) electrons. The molecule has 0 unspecified atom stereocenters. The van der Waals surface area contributed by atoms with E-state index >= 15 is 0 Å². The predicted octanol–water partition coefficient (Wildman–Crippen LogP) is 2.78. The molecule has 0 bridgehead atoms. The van der Waals surface area contributed by atoms with Crippen molar-refractivity contribution in [2.45, 2.75) is 46.0 Å². The first-order chi connectivity index (χ1) is 7.27. The number of hydrogen-bond donors (Lipinski definition) is 1. The summed E-state index contributed by atoms with van der Waals surface area (Å²) in [5.74, 6) is 0.899. The van der Waals surface area contributed by atoms with Crippen LogP contribution in [0.4, 0.5) is 0 Å². The molecule has 2 nitrogen and oxygen atoms in total. The van der Waals surface area contributed by atoms with Crippen molar-refractivity contribution in [1.29, 1.82) is 0 Å². The molecular formula is C12H24N2S. The topological polar surface area (TPSA) is 15.3 Å². The van der Waals surface area contributed by atoms with E-state index in [-0.39, 0.29) is 0 Å². The van der Waals surface area contributed by atoms with Crippen LogP contribution >= 0.6 is 12.2 Å². The van der Waals surface area contributed by atoms with E-state index in [4.69, 9.17) is 12.2 Å². The van der Waals surface area contributed by atoms with Crippen molar-refractivity contribution in [3.8, 4) is 0 Å². The predicted molar refractivity (Wildman–Crippen MR) is 70.1 cm³/mol. The normalized spacial score (nSPS) is 15.9. The van der Waals surface area contributed by atoms with Crippen molar-refractivity contribution in [2.75, 3.05) is 19.6 Å². The molecule has 15 heavy (non-hydrogen) atoms. The maximum atomic E-state index is 5.39. The average Bonchev–Trinajstić information content (AvgIpc) is 2.16. The van der Waals surface area contributed by atoms with Crippen molar-refractivity contribution in [1.82, 2.24) is 10.2 Å². The van der Waals surface area contributed by atoms with Crippen LogP contribution < -0.4 is 5.32 Å². The van der Waals surface area contributed by atoms with E-state index in [1.54, 1.807) is 0 Å². The van der Waals surface area contributed by atoms with Gasteiger partial charge in [-0.1, -0.05) is 19.8 Å². The quantitative estimate of drug-likeness (QED) is 0.556. The van der Waals surface area contributed by atoms with E-state index in [0.29, 0.717) is 0 Å². The molecule has 0 aromatic heterocycles. The zero-order valence-electron chi connectivity index (χ0n) is 10.1. The molecular weight excluding hydrogens is 204 g/mol. The van der Waals surface area contributed by atoms with Crippen LogP contribution in [0.25, 0.3) is 0 Å². The largest absolute Gasteiger partial charge is 0.363 e. The Morgan fingerprint density at radius 3 is 2.60 bits per heavy atom. The van der Waals surface area contributed by atoms with E-state index in [1.165, 1.54) is 32.1 Å². The molecule has 88 valence electrons. The molecule has 1 saturated carbocycles. The fourth-order valence-electron chi connectivity index (χ4n) is 1.83. The van der Waals surface area contributed by atoms with Crippen LogP contribution in [0.5, 0.6) is 0 Å². The maximum Gasteiger partial charge on any atom is 0.168 e. The van der Waals surface area contributed by atoms with Crippen LogP contribution in [0.1, 0.15) is 46.0 Å². The number of unbranched alkanes of at least 4 members (excludes halogenated alkanes) is 1. The van der Waals surface area contributed by atoms with E-state index in [9.17, 15) is 0 Å². The summed E-state index contributed by atoms with van der Waals surface area (Å²) < 4.78 is 0. The van der Waals surface area contributed by atoms with Gasteiger partial charge in [-0.3, -0.25) is 0 Å². The minimum Gasteiger partial charge on any atom is -0.363 e. The van der Waals surface area contributed by atoms with Gasteiger partial charge in [0.2, 0.25) is 0 Å². The average molecular weight is 228 g/mol. The molecule has 0 saturated heterocycles. The molecule has 0 aliphatic heterocycles. The summed E-state index contributed by atoms with van der Waals surface area (Å²) in [4.78, 5) is 2.31. The third-order valence-corrected chi connectivity index (χ3v) is 3.58. The molecule has 0 aromatic rings. The Morgan fingerprint density at radius 2 is 2.13 bits per heavy atom. The third-order valence-electron chi connectivity index (χ3n) is 3.18. The smallest absolute Gasteiger partial charge is 0.168 e. The highest BCUT2D eigenvalue weighted by Gasteiger charge is 2.20. The lowest BCUT2D eigenvalue weighted by molar-refractivity contribution is 0.243. The zero-order chi connectivity index (χ0) is 11.1. The summed E-state index contributed by atoms with van der Waals surface area (Å²) in [6.07, 6.45) is 6.64. The van der Waals surface area contributed by atoms with Gasteiger partial charge in [-0.05, 0) is 44.3 Å². The molecule has 1 aliphatic rings. The lowest BCUT2D eigenvalue weighted by Gasteiger charge is -2.33. The van der Waals surface area contributed by atoms with E-state index in [2.05, 4.69) is 24.1 Å². The summed E-state index contributed by atoms with van der Waals surface area (Å²) in [5, 5.41) is 4.30. The van der Waals surface area contributed by atoms with Gasteiger partial charge in [0.1, 0.15) is 0 Å². The van der Waals surface area contributed by atoms with Gasteiger partial charge in [0.15, 0.2) is 5.11 Å². The van der Waals surface area contributed by atoms with E-state index in [0.717, 1.165) is 30.7 Å². The minimum absolute atomic E-state index is 0.899. The van der Waals surface area contributed by atoms with Gasteiger partial charge in [-0.2, -0.15) is 0 Å². The van der Waals surface area contributed by atoms with Crippen molar-refractivity contribution in [2.24, 2.45) is 5.92 Å². The monoisotopic (exact) mass is 228 g/mol. The third kappa shape index (κ3) is 4.37. The Bertz CT molecular complexity index is 190. The van der Waals surface area contributed by atoms with Gasteiger partial charge in [0.25, 0.3) is 0 Å². The Morgan fingerprint density at radius 1 is 1.40 bits per heavy atom. The minimum atomic E-state index is 0.899. The summed E-state index contributed by atoms with van der Waals surface area (Å²) >= 11 is 5.39. The molecule has 0 amide bonds. The highest BCUT2D eigenvalue weighted by atomic mass is 32.1. The molecule has 0 aromatic carbocycles. The van der Waals surface area contributed by atoms with E-state index < -0.39 is 0 Å². The summed E-state index contributed by atoms with van der Waals surface area (Å²) in [6.45, 7) is 7.61. The molecule has 1 N–H and O–H groups in total. The molecule has 0 atom stereocenters. The van der Waals surface area contributed by atoms with Gasteiger partial charge in [0.05, 0.1) is 0 Å². The van der Waals surface area contributed by atoms with Gasteiger partial charge < -0.3 is 10.2 Å². The molecule has 0 spiro atoms. The van der Waals surface area contributed by atoms with Gasteiger partial charge in [-0.25, -0.2) is 0 Å². The Balaban J connectivity index is 2.19. The second-order valence-corrected chi connectivity index (χ2v) is 4.81. The van der Waals surface area contributed by atoms with Gasteiger partial charge in [0, 0.05) is 19.6 Å². The molecule has 1 rings (SSSR count). The first kappa shape index (κ1) is 12.8. The summed E-state index contributed by atoms with van der Waals surface area (Å²) in [7, 11) is 0. The Hall–Kier alpha value is -0.310. The van der Waals surface area contributed by atoms with Crippen molar-refractivity contribution in [3.63, 3.8) is 0 Å². The fourth-order valence-corrected chi connectivity index (χ4v) is 2.13. The number of thiocarbonyl (C=S) groups is 1. The van der Waals surface area contributed by atoms with Crippen LogP contribution in [0.15, 0.2) is 0 Å². The van der Waals surface area contributed by atoms with Crippen molar-refractivity contribution >= 4 is 17.3 Å². The lowest BCUT2D eigenvalue weighted by atomic mass is 9.85. The number of rotatable bonds is 6. The summed E-state index contributed by atoms with van der Waals surface area (Å²) in [6, 6.07) is 0. The second-order valence-electron chi connectivity index (χ2n) is 4.42. The fraction of sp³-hybridized carbons (Fsp3) is 0.917. The molecule has 1 fully saturated rings.